The lowest BCUT2D eigenvalue weighted by Gasteiger charge is -2.06. The molecule has 2 N–H and O–H groups in total. The largest absolute Gasteiger partial charge is 0.336 e. The standard InChI is InChI=1S/C12H24N4O4S2/c1-3-5-7-21(17,18)9-11-14-15-12(16(11)13)10-22(19,20)8-6-4-2/h3-10,13H2,1-2H3. The number of sulfone groups is 2. The fourth-order valence-corrected chi connectivity index (χ4v) is 4.75. The summed E-state index contributed by atoms with van der Waals surface area (Å²) in [4.78, 5) is 0. The summed E-state index contributed by atoms with van der Waals surface area (Å²) < 4.78 is 48.5. The highest BCUT2D eigenvalue weighted by Gasteiger charge is 2.21. The normalized spacial score (nSPS) is 12.6. The van der Waals surface area contributed by atoms with Crippen molar-refractivity contribution in [3.63, 3.8) is 0 Å². The van der Waals surface area contributed by atoms with Crippen molar-refractivity contribution in [3.8, 4) is 0 Å². The van der Waals surface area contributed by atoms with E-state index in [2.05, 4.69) is 10.2 Å². The first kappa shape index (κ1) is 18.9. The van der Waals surface area contributed by atoms with Crippen LogP contribution in [0.25, 0.3) is 0 Å². The molecule has 0 fully saturated rings. The molecule has 0 aliphatic carbocycles. The quantitative estimate of drug-likeness (QED) is 0.605. The van der Waals surface area contributed by atoms with E-state index in [0.29, 0.717) is 12.8 Å². The van der Waals surface area contributed by atoms with Gasteiger partial charge in [-0.25, -0.2) is 21.5 Å². The molecule has 0 saturated heterocycles. The predicted octanol–water partition coefficient (Wildman–Crippen LogP) is 0.422. The summed E-state index contributed by atoms with van der Waals surface area (Å²) in [6, 6.07) is 0. The SMILES string of the molecule is CCCCS(=O)(=O)Cc1nnc(CS(=O)(=O)CCCC)n1N. The minimum absolute atomic E-state index is 0.0560. The summed E-state index contributed by atoms with van der Waals surface area (Å²) in [7, 11) is -6.63. The molecule has 1 heterocycles. The van der Waals surface area contributed by atoms with Crippen molar-refractivity contribution in [2.45, 2.75) is 51.0 Å². The molecule has 1 aromatic heterocycles. The van der Waals surface area contributed by atoms with E-state index >= 15 is 0 Å². The van der Waals surface area contributed by atoms with Gasteiger partial charge in [-0.05, 0) is 12.8 Å². The molecule has 0 amide bonds. The van der Waals surface area contributed by atoms with E-state index in [1.54, 1.807) is 0 Å². The molecule has 1 aromatic rings. The fraction of sp³-hybridized carbons (Fsp3) is 0.833. The van der Waals surface area contributed by atoms with Crippen molar-refractivity contribution in [2.75, 3.05) is 17.3 Å². The average Bonchev–Trinajstić information content (AvgIpc) is 2.75. The topological polar surface area (TPSA) is 125 Å². The highest BCUT2D eigenvalue weighted by molar-refractivity contribution is 7.90. The maximum atomic E-state index is 11.9. The van der Waals surface area contributed by atoms with Crippen LogP contribution >= 0.6 is 0 Å². The Morgan fingerprint density at radius 2 is 1.23 bits per heavy atom. The van der Waals surface area contributed by atoms with E-state index in [-0.39, 0.29) is 34.7 Å². The van der Waals surface area contributed by atoms with Crippen LogP contribution in [0.2, 0.25) is 0 Å². The summed E-state index contributed by atoms with van der Waals surface area (Å²) in [5, 5.41) is 7.44. The molecule has 0 unspecified atom stereocenters. The number of aromatic nitrogens is 3. The molecule has 0 aliphatic rings. The van der Waals surface area contributed by atoms with Crippen LogP contribution in [0, 0.1) is 0 Å². The van der Waals surface area contributed by atoms with Crippen molar-refractivity contribution in [3.05, 3.63) is 11.6 Å². The Hall–Kier alpha value is -1.16. The maximum absolute atomic E-state index is 11.9. The highest BCUT2D eigenvalue weighted by Crippen LogP contribution is 2.10. The van der Waals surface area contributed by atoms with Crippen LogP contribution in [0.1, 0.15) is 51.2 Å². The van der Waals surface area contributed by atoms with Crippen LogP contribution in [0.15, 0.2) is 0 Å². The van der Waals surface area contributed by atoms with Crippen LogP contribution < -0.4 is 5.84 Å². The maximum Gasteiger partial charge on any atom is 0.166 e. The van der Waals surface area contributed by atoms with E-state index in [4.69, 9.17) is 5.84 Å². The number of hydrogen-bond donors (Lipinski definition) is 1. The van der Waals surface area contributed by atoms with Gasteiger partial charge in [0, 0.05) is 0 Å². The van der Waals surface area contributed by atoms with Crippen molar-refractivity contribution in [1.29, 1.82) is 0 Å². The minimum Gasteiger partial charge on any atom is -0.336 e. The monoisotopic (exact) mass is 352 g/mol. The number of nitrogens with two attached hydrogens (primary N) is 1. The van der Waals surface area contributed by atoms with Gasteiger partial charge in [-0.1, -0.05) is 26.7 Å². The third-order valence-corrected chi connectivity index (χ3v) is 6.37. The molecule has 10 heteroatoms. The number of hydrogen-bond acceptors (Lipinski definition) is 7. The van der Waals surface area contributed by atoms with E-state index in [1.807, 2.05) is 13.8 Å². The van der Waals surface area contributed by atoms with Crippen LogP contribution in [-0.4, -0.2) is 43.2 Å². The van der Waals surface area contributed by atoms with Crippen molar-refractivity contribution < 1.29 is 16.8 Å². The third-order valence-electron chi connectivity index (χ3n) is 3.15. The summed E-state index contributed by atoms with van der Waals surface area (Å²) in [6.45, 7) is 3.81. The molecule has 0 radical (unpaired) electrons. The van der Waals surface area contributed by atoms with Gasteiger partial charge in [0.2, 0.25) is 0 Å². The second-order valence-electron chi connectivity index (χ2n) is 5.29. The Bertz CT molecular complexity index is 622. The number of rotatable bonds is 10. The van der Waals surface area contributed by atoms with Gasteiger partial charge in [-0.2, -0.15) is 0 Å². The Balaban J connectivity index is 2.82. The first-order chi connectivity index (χ1) is 10.2. The lowest BCUT2D eigenvalue weighted by atomic mass is 10.4. The number of nitrogens with zero attached hydrogens (tertiary/aromatic N) is 3. The molecule has 22 heavy (non-hydrogen) atoms. The molecule has 1 rings (SSSR count). The first-order valence-corrected chi connectivity index (χ1v) is 10.9. The average molecular weight is 352 g/mol. The van der Waals surface area contributed by atoms with Gasteiger partial charge < -0.3 is 5.84 Å². The number of unbranched alkanes of at least 4 members (excludes halogenated alkanes) is 2. The van der Waals surface area contributed by atoms with Crippen LogP contribution in [-0.2, 0) is 31.2 Å². The fourth-order valence-electron chi connectivity index (χ4n) is 1.82. The molecule has 0 saturated carbocycles. The van der Waals surface area contributed by atoms with Crippen molar-refractivity contribution in [2.24, 2.45) is 0 Å². The van der Waals surface area contributed by atoms with Gasteiger partial charge in [-0.3, -0.25) is 0 Å². The molecule has 8 nitrogen and oxygen atoms in total. The van der Waals surface area contributed by atoms with Gasteiger partial charge in [0.05, 0.1) is 11.5 Å². The van der Waals surface area contributed by atoms with Gasteiger partial charge in [0.25, 0.3) is 0 Å². The van der Waals surface area contributed by atoms with Gasteiger partial charge in [-0.15, -0.1) is 10.2 Å². The van der Waals surface area contributed by atoms with Crippen LogP contribution in [0.3, 0.4) is 0 Å². The molecule has 0 atom stereocenters. The van der Waals surface area contributed by atoms with Crippen molar-refractivity contribution in [1.82, 2.24) is 14.9 Å². The molecular weight excluding hydrogens is 328 g/mol. The van der Waals surface area contributed by atoms with Gasteiger partial charge >= 0.3 is 0 Å². The lowest BCUT2D eigenvalue weighted by molar-refractivity contribution is 0.589. The Morgan fingerprint density at radius 3 is 1.55 bits per heavy atom. The third kappa shape index (κ3) is 5.91. The summed E-state index contributed by atoms with van der Waals surface area (Å²) in [5.41, 5.74) is 0. The smallest absolute Gasteiger partial charge is 0.166 e. The summed E-state index contributed by atoms with van der Waals surface area (Å²) in [6.07, 6.45) is 2.68. The Labute approximate surface area is 131 Å². The zero-order valence-corrected chi connectivity index (χ0v) is 14.7. The van der Waals surface area contributed by atoms with Crippen molar-refractivity contribution >= 4 is 19.7 Å². The molecule has 0 aliphatic heterocycles. The van der Waals surface area contributed by atoms with Gasteiger partial charge in [0.15, 0.2) is 31.3 Å². The Morgan fingerprint density at radius 1 is 0.864 bits per heavy atom. The second-order valence-corrected chi connectivity index (χ2v) is 9.66. The summed E-state index contributed by atoms with van der Waals surface area (Å²) in [5.74, 6) is 5.33. The molecule has 0 spiro atoms. The van der Waals surface area contributed by atoms with E-state index in [0.717, 1.165) is 17.5 Å². The lowest BCUT2D eigenvalue weighted by Crippen LogP contribution is -2.22. The van der Waals surface area contributed by atoms with Gasteiger partial charge in [0.1, 0.15) is 11.5 Å². The molecular formula is C12H24N4O4S2. The zero-order chi connectivity index (χ0) is 16.8. The molecule has 0 bridgehead atoms. The Kier molecular flexibility index (Phi) is 6.79. The van der Waals surface area contributed by atoms with E-state index < -0.39 is 19.7 Å². The first-order valence-electron chi connectivity index (χ1n) is 7.30. The summed E-state index contributed by atoms with van der Waals surface area (Å²) >= 11 is 0. The van der Waals surface area contributed by atoms with Crippen LogP contribution in [0.5, 0.6) is 0 Å². The highest BCUT2D eigenvalue weighted by atomic mass is 32.2. The second kappa shape index (κ2) is 7.91. The van der Waals surface area contributed by atoms with Crippen LogP contribution in [0.4, 0.5) is 0 Å². The number of nitrogen functional groups attached to an aromatic ring is 1. The zero-order valence-electron chi connectivity index (χ0n) is 13.0. The van der Waals surface area contributed by atoms with E-state index in [1.165, 1.54) is 0 Å². The molecule has 128 valence electrons. The predicted molar refractivity (Wildman–Crippen MR) is 85.0 cm³/mol. The van der Waals surface area contributed by atoms with E-state index in [9.17, 15) is 16.8 Å². The minimum atomic E-state index is -3.32. The molecule has 0 aromatic carbocycles.